The van der Waals surface area contributed by atoms with Crippen molar-refractivity contribution in [1.29, 1.82) is 0 Å². The molecule has 1 aliphatic heterocycles. The molecule has 92 valence electrons. The predicted octanol–water partition coefficient (Wildman–Crippen LogP) is 0.152. The second kappa shape index (κ2) is 4.56. The first kappa shape index (κ1) is 10.9. The zero-order valence-electron chi connectivity index (χ0n) is 9.78. The molecule has 2 heterocycles. The van der Waals surface area contributed by atoms with E-state index in [0.29, 0.717) is 19.4 Å². The first-order valence-corrected chi connectivity index (χ1v) is 5.89. The van der Waals surface area contributed by atoms with Gasteiger partial charge in [0.05, 0.1) is 6.54 Å². The van der Waals surface area contributed by atoms with E-state index in [1.54, 1.807) is 4.68 Å². The van der Waals surface area contributed by atoms with Crippen molar-refractivity contribution in [2.75, 3.05) is 0 Å². The van der Waals surface area contributed by atoms with E-state index in [1.165, 1.54) is 0 Å². The molecule has 0 bridgehead atoms. The number of carbonyl (C=O) groups excluding carboxylic acids is 1. The number of nitrogens with zero attached hydrogens (tertiary/aromatic N) is 4. The molecule has 18 heavy (non-hydrogen) atoms. The van der Waals surface area contributed by atoms with Gasteiger partial charge in [-0.2, -0.15) is 0 Å². The van der Waals surface area contributed by atoms with Crippen LogP contribution in [0.15, 0.2) is 30.3 Å². The fraction of sp³-hybridized carbons (Fsp3) is 0.333. The number of tetrazole rings is 1. The predicted molar refractivity (Wildman–Crippen MR) is 63.6 cm³/mol. The number of β-lactam (4-membered cyclic amide) rings is 1. The maximum absolute atomic E-state index is 10.8. The van der Waals surface area contributed by atoms with Gasteiger partial charge in [0.15, 0.2) is 5.82 Å². The normalized spacial score (nSPS) is 18.2. The third kappa shape index (κ3) is 2.22. The summed E-state index contributed by atoms with van der Waals surface area (Å²) in [7, 11) is 0. The van der Waals surface area contributed by atoms with Gasteiger partial charge in [-0.3, -0.25) is 4.79 Å². The zero-order valence-corrected chi connectivity index (χ0v) is 9.78. The molecular weight excluding hydrogens is 230 g/mol. The quantitative estimate of drug-likeness (QED) is 0.776. The van der Waals surface area contributed by atoms with E-state index >= 15 is 0 Å². The van der Waals surface area contributed by atoms with Gasteiger partial charge in [0.1, 0.15) is 0 Å². The monoisotopic (exact) mass is 243 g/mol. The lowest BCUT2D eigenvalue weighted by molar-refractivity contribution is -0.128. The molecule has 2 aromatic rings. The molecule has 1 fully saturated rings. The van der Waals surface area contributed by atoms with E-state index < -0.39 is 0 Å². The van der Waals surface area contributed by atoms with Crippen molar-refractivity contribution >= 4 is 5.91 Å². The summed E-state index contributed by atoms with van der Waals surface area (Å²) in [6.07, 6.45) is 1.25. The smallest absolute Gasteiger partial charge is 0.222 e. The standard InChI is InChI=1S/C12H13N5O/c18-12-7-10(13-12)6-11-14-15-16-17(11)8-9-4-2-1-3-5-9/h1-5,10H,6-8H2,(H,13,18). The number of benzene rings is 1. The molecule has 1 aliphatic rings. The van der Waals surface area contributed by atoms with E-state index in [2.05, 4.69) is 20.8 Å². The highest BCUT2D eigenvalue weighted by atomic mass is 16.2. The number of rotatable bonds is 4. The Morgan fingerprint density at radius 2 is 2.11 bits per heavy atom. The fourth-order valence-electron chi connectivity index (χ4n) is 2.02. The summed E-state index contributed by atoms with van der Waals surface area (Å²) < 4.78 is 1.78. The Bertz CT molecular complexity index is 543. The molecule has 1 saturated heterocycles. The molecule has 0 aliphatic carbocycles. The lowest BCUT2D eigenvalue weighted by Gasteiger charge is -2.26. The summed E-state index contributed by atoms with van der Waals surface area (Å²) in [5.74, 6) is 0.908. The van der Waals surface area contributed by atoms with E-state index in [0.717, 1.165) is 11.4 Å². The topological polar surface area (TPSA) is 72.7 Å². The van der Waals surface area contributed by atoms with Gasteiger partial charge in [0, 0.05) is 18.9 Å². The number of aromatic nitrogens is 4. The lowest BCUT2D eigenvalue weighted by atomic mass is 10.0. The van der Waals surface area contributed by atoms with Crippen LogP contribution in [-0.4, -0.2) is 32.2 Å². The third-order valence-corrected chi connectivity index (χ3v) is 3.01. The fourth-order valence-corrected chi connectivity index (χ4v) is 2.02. The molecule has 1 aromatic carbocycles. The Balaban J connectivity index is 1.69. The minimum atomic E-state index is 0.0992. The largest absolute Gasteiger partial charge is 0.352 e. The molecule has 3 rings (SSSR count). The van der Waals surface area contributed by atoms with Crippen LogP contribution in [0.2, 0.25) is 0 Å². The van der Waals surface area contributed by atoms with Crippen LogP contribution in [0.25, 0.3) is 0 Å². The Labute approximate surface area is 104 Å². The third-order valence-electron chi connectivity index (χ3n) is 3.01. The van der Waals surface area contributed by atoms with E-state index in [1.807, 2.05) is 30.3 Å². The average Bonchev–Trinajstić information content (AvgIpc) is 2.76. The van der Waals surface area contributed by atoms with E-state index in [4.69, 9.17) is 0 Å². The van der Waals surface area contributed by atoms with Crippen molar-refractivity contribution in [3.8, 4) is 0 Å². The Morgan fingerprint density at radius 1 is 1.33 bits per heavy atom. The first-order valence-electron chi connectivity index (χ1n) is 5.89. The van der Waals surface area contributed by atoms with Gasteiger partial charge in [0.2, 0.25) is 5.91 Å². The summed E-state index contributed by atoms with van der Waals surface area (Å²) in [5, 5.41) is 14.5. The summed E-state index contributed by atoms with van der Waals surface area (Å²) in [5.41, 5.74) is 1.16. The first-order chi connectivity index (χ1) is 8.81. The van der Waals surface area contributed by atoms with Gasteiger partial charge in [-0.25, -0.2) is 4.68 Å². The molecule has 1 atom stereocenters. The number of hydrogen-bond acceptors (Lipinski definition) is 4. The van der Waals surface area contributed by atoms with Crippen LogP contribution >= 0.6 is 0 Å². The van der Waals surface area contributed by atoms with Gasteiger partial charge in [-0.1, -0.05) is 30.3 Å². The second-order valence-corrected chi connectivity index (χ2v) is 4.41. The van der Waals surface area contributed by atoms with Crippen LogP contribution in [0, 0.1) is 0 Å². The molecule has 1 unspecified atom stereocenters. The molecule has 1 amide bonds. The highest BCUT2D eigenvalue weighted by Gasteiger charge is 2.27. The Morgan fingerprint density at radius 3 is 2.83 bits per heavy atom. The van der Waals surface area contributed by atoms with Crippen LogP contribution < -0.4 is 5.32 Å². The average molecular weight is 243 g/mol. The van der Waals surface area contributed by atoms with Crippen molar-refractivity contribution in [1.82, 2.24) is 25.5 Å². The highest BCUT2D eigenvalue weighted by Crippen LogP contribution is 2.10. The summed E-state index contributed by atoms with van der Waals surface area (Å²) in [4.78, 5) is 10.8. The molecule has 6 nitrogen and oxygen atoms in total. The maximum Gasteiger partial charge on any atom is 0.222 e. The van der Waals surface area contributed by atoms with Gasteiger partial charge in [-0.15, -0.1) is 5.10 Å². The molecule has 0 spiro atoms. The molecule has 1 aromatic heterocycles. The van der Waals surface area contributed by atoms with E-state index in [9.17, 15) is 4.79 Å². The van der Waals surface area contributed by atoms with Crippen molar-refractivity contribution in [3.05, 3.63) is 41.7 Å². The number of nitrogens with one attached hydrogen (secondary N) is 1. The van der Waals surface area contributed by atoms with Gasteiger partial charge in [0.25, 0.3) is 0 Å². The lowest BCUT2D eigenvalue weighted by Crippen LogP contribution is -2.50. The van der Waals surface area contributed by atoms with Crippen LogP contribution in [0.3, 0.4) is 0 Å². The Hall–Kier alpha value is -2.24. The van der Waals surface area contributed by atoms with Gasteiger partial charge >= 0.3 is 0 Å². The number of amides is 1. The van der Waals surface area contributed by atoms with Crippen molar-refractivity contribution < 1.29 is 4.79 Å². The van der Waals surface area contributed by atoms with Crippen LogP contribution in [0.1, 0.15) is 17.8 Å². The zero-order chi connectivity index (χ0) is 12.4. The summed E-state index contributed by atoms with van der Waals surface area (Å²) in [6.45, 7) is 0.657. The second-order valence-electron chi connectivity index (χ2n) is 4.41. The summed E-state index contributed by atoms with van der Waals surface area (Å²) in [6, 6.07) is 10.2. The SMILES string of the molecule is O=C1CC(Cc2nnnn2Cc2ccccc2)N1. The van der Waals surface area contributed by atoms with Gasteiger partial charge in [-0.05, 0) is 16.0 Å². The maximum atomic E-state index is 10.8. The summed E-state index contributed by atoms with van der Waals surface area (Å²) >= 11 is 0. The minimum absolute atomic E-state index is 0.0992. The van der Waals surface area contributed by atoms with Crippen LogP contribution in [0.4, 0.5) is 0 Å². The van der Waals surface area contributed by atoms with Crippen molar-refractivity contribution in [3.63, 3.8) is 0 Å². The number of hydrogen-bond donors (Lipinski definition) is 1. The van der Waals surface area contributed by atoms with Gasteiger partial charge < -0.3 is 5.32 Å². The molecule has 0 radical (unpaired) electrons. The molecule has 6 heteroatoms. The molecule has 1 N–H and O–H groups in total. The van der Waals surface area contributed by atoms with E-state index in [-0.39, 0.29) is 11.9 Å². The molecular formula is C12H13N5O. The minimum Gasteiger partial charge on any atom is -0.352 e. The Kier molecular flexibility index (Phi) is 2.76. The number of carbonyl (C=O) groups is 1. The molecule has 0 saturated carbocycles. The van der Waals surface area contributed by atoms with Crippen molar-refractivity contribution in [2.45, 2.75) is 25.4 Å². The van der Waals surface area contributed by atoms with Crippen LogP contribution in [-0.2, 0) is 17.8 Å². The van der Waals surface area contributed by atoms with Crippen LogP contribution in [0.5, 0.6) is 0 Å². The highest BCUT2D eigenvalue weighted by molar-refractivity contribution is 5.82. The van der Waals surface area contributed by atoms with Crippen molar-refractivity contribution in [2.24, 2.45) is 0 Å².